The summed E-state index contributed by atoms with van der Waals surface area (Å²) in [5.41, 5.74) is 8.75. The number of nitrogens with zero attached hydrogens (tertiary/aromatic N) is 1. The largest absolute Gasteiger partial charge is 0.319 e. The third-order valence-corrected chi connectivity index (χ3v) is 3.80. The smallest absolute Gasteiger partial charge is 0.0979 e. The van der Waals surface area contributed by atoms with Crippen LogP contribution in [0.25, 0.3) is 0 Å². The highest BCUT2D eigenvalue weighted by Gasteiger charge is 2.14. The summed E-state index contributed by atoms with van der Waals surface area (Å²) < 4.78 is 0.765. The maximum absolute atomic E-state index is 6.00. The van der Waals surface area contributed by atoms with Crippen molar-refractivity contribution >= 4 is 34.3 Å². The van der Waals surface area contributed by atoms with Crippen molar-refractivity contribution in [2.75, 3.05) is 0 Å². The van der Waals surface area contributed by atoms with Crippen LogP contribution in [0, 0.1) is 0 Å². The standard InChI is InChI=1S/C8H7ClN2S2/c9-8-5(1-2-12-8)7(10)6-3-11-4-13-6/h1-4,7H,10H2. The van der Waals surface area contributed by atoms with Gasteiger partial charge in [0.05, 0.1) is 15.9 Å². The lowest BCUT2D eigenvalue weighted by Gasteiger charge is -2.06. The molecule has 0 saturated carbocycles. The number of halogens is 1. The highest BCUT2D eigenvalue weighted by atomic mass is 35.5. The molecule has 0 spiro atoms. The first kappa shape index (κ1) is 9.15. The van der Waals surface area contributed by atoms with E-state index in [-0.39, 0.29) is 6.04 Å². The van der Waals surface area contributed by atoms with Gasteiger partial charge in [-0.1, -0.05) is 11.6 Å². The zero-order valence-electron chi connectivity index (χ0n) is 6.61. The summed E-state index contributed by atoms with van der Waals surface area (Å²) in [7, 11) is 0. The van der Waals surface area contributed by atoms with Gasteiger partial charge in [-0.25, -0.2) is 0 Å². The lowest BCUT2D eigenvalue weighted by Crippen LogP contribution is -2.09. The molecule has 13 heavy (non-hydrogen) atoms. The number of hydrogen-bond donors (Lipinski definition) is 1. The van der Waals surface area contributed by atoms with Gasteiger partial charge < -0.3 is 5.73 Å². The lowest BCUT2D eigenvalue weighted by atomic mass is 10.1. The Balaban J connectivity index is 2.33. The number of thiophene rings is 1. The Morgan fingerprint density at radius 2 is 2.31 bits per heavy atom. The fourth-order valence-electron chi connectivity index (χ4n) is 1.06. The van der Waals surface area contributed by atoms with E-state index in [1.54, 1.807) is 23.0 Å². The molecule has 2 aromatic rings. The molecule has 0 aromatic carbocycles. The van der Waals surface area contributed by atoms with Crippen LogP contribution in [0.1, 0.15) is 16.5 Å². The number of nitrogens with two attached hydrogens (primary N) is 1. The Bertz CT molecular complexity index is 383. The summed E-state index contributed by atoms with van der Waals surface area (Å²) in [4.78, 5) is 5.02. The molecule has 2 N–H and O–H groups in total. The van der Waals surface area contributed by atoms with Gasteiger partial charge in [-0.15, -0.1) is 22.7 Å². The third-order valence-electron chi connectivity index (χ3n) is 1.74. The summed E-state index contributed by atoms with van der Waals surface area (Å²) in [6.45, 7) is 0. The first-order chi connectivity index (χ1) is 6.29. The van der Waals surface area contributed by atoms with Gasteiger partial charge in [0.2, 0.25) is 0 Å². The van der Waals surface area contributed by atoms with E-state index in [4.69, 9.17) is 17.3 Å². The van der Waals surface area contributed by atoms with Crippen LogP contribution in [0.2, 0.25) is 4.34 Å². The lowest BCUT2D eigenvalue weighted by molar-refractivity contribution is 0.895. The first-order valence-electron chi connectivity index (χ1n) is 3.66. The monoisotopic (exact) mass is 230 g/mol. The number of rotatable bonds is 2. The van der Waals surface area contributed by atoms with Crippen LogP contribution in [0.4, 0.5) is 0 Å². The summed E-state index contributed by atoms with van der Waals surface area (Å²) >= 11 is 9.02. The van der Waals surface area contributed by atoms with E-state index in [1.807, 2.05) is 11.4 Å². The molecule has 2 heterocycles. The molecule has 0 fully saturated rings. The predicted molar refractivity (Wildman–Crippen MR) is 57.5 cm³/mol. The van der Waals surface area contributed by atoms with E-state index in [1.165, 1.54) is 11.3 Å². The second-order valence-corrected chi connectivity index (χ2v) is 4.97. The molecule has 68 valence electrons. The minimum Gasteiger partial charge on any atom is -0.319 e. The maximum Gasteiger partial charge on any atom is 0.0979 e. The zero-order valence-corrected chi connectivity index (χ0v) is 8.99. The molecule has 1 atom stereocenters. The Kier molecular flexibility index (Phi) is 2.64. The van der Waals surface area contributed by atoms with Gasteiger partial charge in [0.25, 0.3) is 0 Å². The fourth-order valence-corrected chi connectivity index (χ4v) is 2.70. The van der Waals surface area contributed by atoms with E-state index in [9.17, 15) is 0 Å². The van der Waals surface area contributed by atoms with E-state index in [0.29, 0.717) is 0 Å². The van der Waals surface area contributed by atoms with Crippen LogP contribution < -0.4 is 5.73 Å². The van der Waals surface area contributed by atoms with Gasteiger partial charge >= 0.3 is 0 Å². The van der Waals surface area contributed by atoms with Crippen LogP contribution in [0.3, 0.4) is 0 Å². The van der Waals surface area contributed by atoms with E-state index >= 15 is 0 Å². The number of aromatic nitrogens is 1. The van der Waals surface area contributed by atoms with Crippen molar-refractivity contribution in [1.29, 1.82) is 0 Å². The molecule has 2 rings (SSSR count). The second-order valence-electron chi connectivity index (χ2n) is 2.53. The molecule has 0 aliphatic heterocycles. The SMILES string of the molecule is NC(c1cncs1)c1ccsc1Cl. The summed E-state index contributed by atoms with van der Waals surface area (Å²) in [6, 6.07) is 1.82. The number of thiazole rings is 1. The average molecular weight is 231 g/mol. The predicted octanol–water partition coefficient (Wildman–Crippen LogP) is 2.91. The molecule has 1 unspecified atom stereocenters. The van der Waals surface area contributed by atoms with Gasteiger partial charge in [0.15, 0.2) is 0 Å². The Morgan fingerprint density at radius 3 is 2.85 bits per heavy atom. The minimum absolute atomic E-state index is 0.133. The van der Waals surface area contributed by atoms with Crippen LogP contribution in [0.15, 0.2) is 23.2 Å². The molecule has 2 aromatic heterocycles. The summed E-state index contributed by atoms with van der Waals surface area (Å²) in [5.74, 6) is 0. The van der Waals surface area contributed by atoms with Gasteiger partial charge in [0.1, 0.15) is 0 Å². The molecular weight excluding hydrogens is 224 g/mol. The number of hydrogen-bond acceptors (Lipinski definition) is 4. The highest BCUT2D eigenvalue weighted by Crippen LogP contribution is 2.31. The molecule has 0 aliphatic carbocycles. The van der Waals surface area contributed by atoms with Gasteiger partial charge in [0, 0.05) is 16.6 Å². The maximum atomic E-state index is 6.00. The minimum atomic E-state index is -0.133. The van der Waals surface area contributed by atoms with Gasteiger partial charge in [-0.05, 0) is 11.4 Å². The topological polar surface area (TPSA) is 38.9 Å². The van der Waals surface area contributed by atoms with Gasteiger partial charge in [-0.3, -0.25) is 4.98 Å². The second kappa shape index (κ2) is 3.75. The van der Waals surface area contributed by atoms with Gasteiger partial charge in [-0.2, -0.15) is 0 Å². The summed E-state index contributed by atoms with van der Waals surface area (Å²) in [5, 5.41) is 1.94. The van der Waals surface area contributed by atoms with Crippen molar-refractivity contribution < 1.29 is 0 Å². The molecule has 5 heteroatoms. The molecule has 0 amide bonds. The van der Waals surface area contributed by atoms with E-state index in [0.717, 1.165) is 14.8 Å². The van der Waals surface area contributed by atoms with Crippen molar-refractivity contribution in [1.82, 2.24) is 4.98 Å². The third kappa shape index (κ3) is 1.76. The summed E-state index contributed by atoms with van der Waals surface area (Å²) in [6.07, 6.45) is 1.78. The molecule has 0 aliphatic rings. The Morgan fingerprint density at radius 1 is 1.46 bits per heavy atom. The molecule has 2 nitrogen and oxygen atoms in total. The van der Waals surface area contributed by atoms with Crippen LogP contribution in [-0.2, 0) is 0 Å². The van der Waals surface area contributed by atoms with Crippen LogP contribution in [-0.4, -0.2) is 4.98 Å². The van der Waals surface area contributed by atoms with Crippen molar-refractivity contribution in [2.45, 2.75) is 6.04 Å². The van der Waals surface area contributed by atoms with E-state index in [2.05, 4.69) is 4.98 Å². The van der Waals surface area contributed by atoms with Crippen LogP contribution >= 0.6 is 34.3 Å². The zero-order chi connectivity index (χ0) is 9.26. The molecule has 0 bridgehead atoms. The van der Waals surface area contributed by atoms with E-state index < -0.39 is 0 Å². The van der Waals surface area contributed by atoms with Crippen LogP contribution in [0.5, 0.6) is 0 Å². The van der Waals surface area contributed by atoms with Crippen molar-refractivity contribution in [2.24, 2.45) is 5.73 Å². The van der Waals surface area contributed by atoms with Crippen molar-refractivity contribution in [3.63, 3.8) is 0 Å². The molecule has 0 radical (unpaired) electrons. The average Bonchev–Trinajstić information content (AvgIpc) is 2.72. The van der Waals surface area contributed by atoms with Crippen molar-refractivity contribution in [3.8, 4) is 0 Å². The fraction of sp³-hybridized carbons (Fsp3) is 0.125. The Hall–Kier alpha value is -0.420. The highest BCUT2D eigenvalue weighted by molar-refractivity contribution is 7.14. The normalized spacial score (nSPS) is 13.1. The van der Waals surface area contributed by atoms with Crippen molar-refractivity contribution in [3.05, 3.63) is 37.9 Å². The molecular formula is C8H7ClN2S2. The first-order valence-corrected chi connectivity index (χ1v) is 5.79. The molecule has 0 saturated heterocycles. The Labute approximate surface area is 89.0 Å². The quantitative estimate of drug-likeness (QED) is 0.862.